The summed E-state index contributed by atoms with van der Waals surface area (Å²) in [5, 5.41) is 7.98. The van der Waals surface area contributed by atoms with Crippen molar-refractivity contribution in [2.75, 3.05) is 19.0 Å². The number of anilines is 1. The van der Waals surface area contributed by atoms with E-state index in [1.165, 1.54) is 0 Å². The molecule has 1 N–H and O–H groups in total. The number of carbonyl (C=O) groups is 2. The average Bonchev–Trinajstić information content (AvgIpc) is 3.53. The topological polar surface area (TPSA) is 99.3 Å². The highest BCUT2D eigenvalue weighted by Crippen LogP contribution is 2.40. The summed E-state index contributed by atoms with van der Waals surface area (Å²) in [6, 6.07) is 15.6. The zero-order valence-electron chi connectivity index (χ0n) is 23.8. The van der Waals surface area contributed by atoms with Gasteiger partial charge in [-0.15, -0.1) is 0 Å². The van der Waals surface area contributed by atoms with Gasteiger partial charge in [0.25, 0.3) is 5.69 Å². The lowest BCUT2D eigenvalue weighted by molar-refractivity contribution is -0.00662. The third-order valence-electron chi connectivity index (χ3n) is 6.71. The molecule has 2 aromatic carbocycles. The Hall–Kier alpha value is -4.04. The summed E-state index contributed by atoms with van der Waals surface area (Å²) in [6.07, 6.45) is -0.696. The van der Waals surface area contributed by atoms with Crippen LogP contribution >= 0.6 is 15.9 Å². The fraction of sp³-hybridized carbons (Fsp3) is 0.400. The molecule has 3 atom stereocenters. The summed E-state index contributed by atoms with van der Waals surface area (Å²) in [6.45, 7) is 15.7. The smallest absolute Gasteiger partial charge is 0.410 e. The maximum atomic E-state index is 13.3. The van der Waals surface area contributed by atoms with Gasteiger partial charge in [-0.3, -0.25) is 9.58 Å². The summed E-state index contributed by atoms with van der Waals surface area (Å²) >= 11 is 3.43. The number of aromatic nitrogens is 2. The standard InChI is InChI=1S/C30H34BrN5O5/c1-19(40-28(37)21-10-8-7-9-11-21)24-16-22(18-35(24)29(38)41-30(2,3)4)36-27(25(32-5)26(31)34-36)33-17-20-12-14-23(39-6)15-13-20/h7-15,19,22,24,33H,16-18H2,1-4,6H3/t19?,22-,24+/m0/s1. The first kappa shape index (κ1) is 29.9. The molecule has 1 fully saturated rings. The first-order valence-corrected chi connectivity index (χ1v) is 14.1. The summed E-state index contributed by atoms with van der Waals surface area (Å²) < 4.78 is 18.9. The molecule has 41 heavy (non-hydrogen) atoms. The Labute approximate surface area is 248 Å². The Bertz CT molecular complexity index is 1410. The van der Waals surface area contributed by atoms with E-state index in [0.29, 0.717) is 34.6 Å². The van der Waals surface area contributed by atoms with Crippen LogP contribution < -0.4 is 10.1 Å². The predicted octanol–water partition coefficient (Wildman–Crippen LogP) is 6.61. The number of nitrogens with one attached hydrogen (secondary N) is 1. The second-order valence-corrected chi connectivity index (χ2v) is 11.6. The molecule has 0 saturated carbocycles. The van der Waals surface area contributed by atoms with Crippen molar-refractivity contribution in [3.8, 4) is 5.75 Å². The molecule has 0 bridgehead atoms. The van der Waals surface area contributed by atoms with Gasteiger partial charge in [0.05, 0.1) is 31.3 Å². The minimum absolute atomic E-state index is 0.260. The van der Waals surface area contributed by atoms with E-state index in [-0.39, 0.29) is 12.6 Å². The third-order valence-corrected chi connectivity index (χ3v) is 7.25. The Morgan fingerprint density at radius 1 is 1.17 bits per heavy atom. The Balaban J connectivity index is 1.60. The van der Waals surface area contributed by atoms with E-state index in [1.807, 2.05) is 30.3 Å². The van der Waals surface area contributed by atoms with Gasteiger partial charge in [-0.05, 0) is 79.9 Å². The van der Waals surface area contributed by atoms with Crippen LogP contribution in [0.3, 0.4) is 0 Å². The van der Waals surface area contributed by atoms with Gasteiger partial charge in [0.2, 0.25) is 0 Å². The summed E-state index contributed by atoms with van der Waals surface area (Å²) in [5.74, 6) is 0.820. The zero-order valence-corrected chi connectivity index (χ0v) is 25.3. The van der Waals surface area contributed by atoms with Gasteiger partial charge in [0.15, 0.2) is 0 Å². The Morgan fingerprint density at radius 3 is 2.46 bits per heavy atom. The van der Waals surface area contributed by atoms with E-state index in [0.717, 1.165) is 11.3 Å². The molecule has 10 nitrogen and oxygen atoms in total. The van der Waals surface area contributed by atoms with Gasteiger partial charge in [0, 0.05) is 13.1 Å². The van der Waals surface area contributed by atoms with Crippen molar-refractivity contribution >= 4 is 39.5 Å². The van der Waals surface area contributed by atoms with Crippen molar-refractivity contribution in [2.45, 2.75) is 64.4 Å². The molecule has 3 aromatic rings. The molecule has 1 amide bonds. The van der Waals surface area contributed by atoms with Crippen LogP contribution in [0.25, 0.3) is 4.85 Å². The van der Waals surface area contributed by atoms with Gasteiger partial charge in [0.1, 0.15) is 27.9 Å². The number of likely N-dealkylation sites (tertiary alicyclic amines) is 1. The molecule has 1 aromatic heterocycles. The van der Waals surface area contributed by atoms with Crippen molar-refractivity contribution in [1.29, 1.82) is 0 Å². The highest BCUT2D eigenvalue weighted by molar-refractivity contribution is 9.10. The number of benzene rings is 2. The quantitative estimate of drug-likeness (QED) is 0.222. The van der Waals surface area contributed by atoms with Crippen molar-refractivity contribution in [3.05, 3.63) is 81.7 Å². The molecule has 1 unspecified atom stereocenters. The van der Waals surface area contributed by atoms with Gasteiger partial charge < -0.3 is 19.5 Å². The van der Waals surface area contributed by atoms with Crippen LogP contribution in [0.5, 0.6) is 5.75 Å². The number of hydrogen-bond donors (Lipinski definition) is 1. The number of hydrogen-bond acceptors (Lipinski definition) is 7. The third kappa shape index (κ3) is 7.19. The summed E-state index contributed by atoms with van der Waals surface area (Å²) in [5.41, 5.74) is 1.06. The first-order chi connectivity index (χ1) is 19.5. The molecule has 0 spiro atoms. The number of amides is 1. The number of carbonyl (C=O) groups excluding carboxylic acids is 2. The lowest BCUT2D eigenvalue weighted by atomic mass is 10.1. The second-order valence-electron chi connectivity index (χ2n) is 10.8. The fourth-order valence-electron chi connectivity index (χ4n) is 4.74. The van der Waals surface area contributed by atoms with Gasteiger partial charge in [-0.25, -0.2) is 14.4 Å². The highest BCUT2D eigenvalue weighted by atomic mass is 79.9. The lowest BCUT2D eigenvalue weighted by Gasteiger charge is -2.31. The van der Waals surface area contributed by atoms with Crippen LogP contribution in [-0.2, 0) is 16.0 Å². The summed E-state index contributed by atoms with van der Waals surface area (Å²) in [4.78, 5) is 31.5. The van der Waals surface area contributed by atoms with E-state index >= 15 is 0 Å². The average molecular weight is 625 g/mol. The largest absolute Gasteiger partial charge is 0.497 e. The normalized spacial score (nSPS) is 17.4. The molecule has 11 heteroatoms. The maximum Gasteiger partial charge on any atom is 0.410 e. The fourth-order valence-corrected chi connectivity index (χ4v) is 5.19. The molecule has 0 radical (unpaired) electrons. The molecule has 216 valence electrons. The van der Waals surface area contributed by atoms with E-state index in [9.17, 15) is 9.59 Å². The number of methoxy groups -OCH3 is 1. The molecule has 1 aliphatic rings. The SMILES string of the molecule is [C-]#[N+]c1c(Br)nn([C@H]2C[C@H](C(C)OC(=O)c3ccccc3)N(C(=O)OC(C)(C)C)C2)c1NCc1ccc(OC)cc1. The Kier molecular flexibility index (Phi) is 9.23. The van der Waals surface area contributed by atoms with Gasteiger partial charge in [-0.1, -0.05) is 30.3 Å². The predicted molar refractivity (Wildman–Crippen MR) is 158 cm³/mol. The van der Waals surface area contributed by atoms with E-state index < -0.39 is 29.8 Å². The van der Waals surface area contributed by atoms with Crippen LogP contribution in [0.2, 0.25) is 0 Å². The number of rotatable bonds is 8. The molecular formula is C30H34BrN5O5. The second kappa shape index (κ2) is 12.6. The van der Waals surface area contributed by atoms with Crippen LogP contribution in [0.4, 0.5) is 16.3 Å². The summed E-state index contributed by atoms with van der Waals surface area (Å²) in [7, 11) is 1.62. The number of halogens is 1. The van der Waals surface area contributed by atoms with E-state index in [1.54, 1.807) is 68.7 Å². The lowest BCUT2D eigenvalue weighted by Crippen LogP contribution is -2.45. The minimum Gasteiger partial charge on any atom is -0.497 e. The first-order valence-electron chi connectivity index (χ1n) is 13.3. The monoisotopic (exact) mass is 623 g/mol. The number of nitrogens with zero attached hydrogens (tertiary/aromatic N) is 4. The molecule has 2 heterocycles. The molecule has 1 aliphatic heterocycles. The van der Waals surface area contributed by atoms with Crippen molar-refractivity contribution in [1.82, 2.24) is 14.7 Å². The van der Waals surface area contributed by atoms with Crippen molar-refractivity contribution < 1.29 is 23.8 Å². The highest BCUT2D eigenvalue weighted by Gasteiger charge is 2.43. The number of esters is 1. The molecule has 0 aliphatic carbocycles. The Morgan fingerprint density at radius 2 is 1.85 bits per heavy atom. The molecule has 1 saturated heterocycles. The van der Waals surface area contributed by atoms with E-state index in [4.69, 9.17) is 20.8 Å². The van der Waals surface area contributed by atoms with Crippen LogP contribution in [0.15, 0.2) is 59.2 Å². The van der Waals surface area contributed by atoms with Gasteiger partial charge >= 0.3 is 12.1 Å². The van der Waals surface area contributed by atoms with Crippen molar-refractivity contribution in [3.63, 3.8) is 0 Å². The number of ether oxygens (including phenoxy) is 3. The van der Waals surface area contributed by atoms with Crippen molar-refractivity contribution in [2.24, 2.45) is 0 Å². The van der Waals surface area contributed by atoms with Crippen LogP contribution in [0, 0.1) is 6.57 Å². The zero-order chi connectivity index (χ0) is 29.7. The maximum absolute atomic E-state index is 13.3. The molecular weight excluding hydrogens is 590 g/mol. The van der Waals surface area contributed by atoms with Crippen LogP contribution in [-0.4, -0.2) is 58.1 Å². The minimum atomic E-state index is -0.708. The molecule has 4 rings (SSSR count). The van der Waals surface area contributed by atoms with Crippen LogP contribution in [0.1, 0.15) is 56.1 Å². The van der Waals surface area contributed by atoms with Gasteiger partial charge in [-0.2, -0.15) is 5.10 Å². The van der Waals surface area contributed by atoms with E-state index in [2.05, 4.69) is 31.2 Å².